The minimum Gasteiger partial charge on any atom is -0.299 e. The summed E-state index contributed by atoms with van der Waals surface area (Å²) < 4.78 is 38.7. The normalized spacial score (nSPS) is 11.0. The third-order valence-corrected chi connectivity index (χ3v) is 3.81. The maximum Gasteiger partial charge on any atom is 0.416 e. The van der Waals surface area contributed by atoms with Crippen LogP contribution in [0.15, 0.2) is 36.4 Å². The van der Waals surface area contributed by atoms with Gasteiger partial charge in [0.15, 0.2) is 5.11 Å². The zero-order chi connectivity index (χ0) is 20.4. The predicted octanol–water partition coefficient (Wildman–Crippen LogP) is 4.08. The lowest BCUT2D eigenvalue weighted by Crippen LogP contribution is -2.42. The number of halogens is 3. The maximum atomic E-state index is 12.9. The lowest BCUT2D eigenvalue weighted by atomic mass is 10.1. The van der Waals surface area contributed by atoms with E-state index in [-0.39, 0.29) is 16.2 Å². The summed E-state index contributed by atoms with van der Waals surface area (Å²) in [6.07, 6.45) is -4.57. The molecule has 27 heavy (non-hydrogen) atoms. The molecule has 0 aliphatic carbocycles. The molecule has 2 amide bonds. The Morgan fingerprint density at radius 3 is 1.63 bits per heavy atom. The molecule has 0 aliphatic rings. The molecule has 0 fully saturated rings. The van der Waals surface area contributed by atoms with Gasteiger partial charge in [-0.3, -0.25) is 20.2 Å². The fourth-order valence-corrected chi connectivity index (χ4v) is 2.75. The van der Waals surface area contributed by atoms with Gasteiger partial charge in [0.1, 0.15) is 0 Å². The SMILES string of the molecule is Cc1cc(C)cc(C(=O)NC(=S)NC(=O)c2cc(C)cc(C(F)(F)F)c2)c1. The number of carbonyl (C=O) groups excluding carboxylic acids is 2. The second kappa shape index (κ2) is 7.87. The molecule has 142 valence electrons. The molecule has 0 spiro atoms. The molecule has 0 heterocycles. The summed E-state index contributed by atoms with van der Waals surface area (Å²) in [5, 5.41) is 4.28. The summed E-state index contributed by atoms with van der Waals surface area (Å²) in [5.41, 5.74) is 1.27. The van der Waals surface area contributed by atoms with E-state index in [1.807, 2.05) is 19.9 Å². The number of carbonyl (C=O) groups is 2. The Morgan fingerprint density at radius 1 is 0.778 bits per heavy atom. The first-order valence-corrected chi connectivity index (χ1v) is 8.30. The van der Waals surface area contributed by atoms with Gasteiger partial charge in [-0.1, -0.05) is 17.2 Å². The quantitative estimate of drug-likeness (QED) is 0.755. The number of benzene rings is 2. The highest BCUT2D eigenvalue weighted by Crippen LogP contribution is 2.30. The zero-order valence-corrected chi connectivity index (χ0v) is 15.6. The highest BCUT2D eigenvalue weighted by Gasteiger charge is 2.31. The number of thiocarbonyl (C=S) groups is 1. The summed E-state index contributed by atoms with van der Waals surface area (Å²) >= 11 is 4.93. The molecular formula is C19H17F3N2O2S. The number of nitrogens with one attached hydrogen (secondary N) is 2. The van der Waals surface area contributed by atoms with Crippen LogP contribution in [0.25, 0.3) is 0 Å². The van der Waals surface area contributed by atoms with Gasteiger partial charge >= 0.3 is 6.18 Å². The summed E-state index contributed by atoms with van der Waals surface area (Å²) in [6, 6.07) is 8.19. The average Bonchev–Trinajstić information content (AvgIpc) is 2.52. The molecule has 0 radical (unpaired) electrons. The molecule has 2 rings (SSSR count). The largest absolute Gasteiger partial charge is 0.416 e. The molecule has 0 saturated heterocycles. The van der Waals surface area contributed by atoms with E-state index in [4.69, 9.17) is 12.2 Å². The third-order valence-electron chi connectivity index (χ3n) is 3.60. The van der Waals surface area contributed by atoms with Crippen molar-refractivity contribution in [1.29, 1.82) is 0 Å². The molecule has 2 N–H and O–H groups in total. The van der Waals surface area contributed by atoms with Crippen molar-refractivity contribution in [3.8, 4) is 0 Å². The van der Waals surface area contributed by atoms with Crippen LogP contribution in [-0.2, 0) is 6.18 Å². The molecular weight excluding hydrogens is 377 g/mol. The van der Waals surface area contributed by atoms with Crippen LogP contribution in [-0.4, -0.2) is 16.9 Å². The van der Waals surface area contributed by atoms with Gasteiger partial charge in [0.2, 0.25) is 0 Å². The Hall–Kier alpha value is -2.74. The molecule has 8 heteroatoms. The minimum atomic E-state index is -4.57. The van der Waals surface area contributed by atoms with Crippen molar-refractivity contribution in [1.82, 2.24) is 10.6 Å². The molecule has 0 saturated carbocycles. The van der Waals surface area contributed by atoms with Crippen LogP contribution in [0.4, 0.5) is 13.2 Å². The van der Waals surface area contributed by atoms with Crippen molar-refractivity contribution >= 4 is 29.1 Å². The summed E-state index contributed by atoms with van der Waals surface area (Å²) in [6.45, 7) is 5.12. The van der Waals surface area contributed by atoms with Crippen LogP contribution in [0.3, 0.4) is 0 Å². The molecule has 4 nitrogen and oxygen atoms in total. The summed E-state index contributed by atoms with van der Waals surface area (Å²) in [4.78, 5) is 24.4. The van der Waals surface area contributed by atoms with Crippen molar-refractivity contribution in [2.75, 3.05) is 0 Å². The molecule has 0 unspecified atom stereocenters. The molecule has 0 aromatic heterocycles. The van der Waals surface area contributed by atoms with Crippen LogP contribution < -0.4 is 10.6 Å². The van der Waals surface area contributed by atoms with E-state index in [9.17, 15) is 22.8 Å². The fraction of sp³-hybridized carbons (Fsp3) is 0.211. The summed E-state index contributed by atoms with van der Waals surface area (Å²) in [5.74, 6) is -1.36. The zero-order valence-electron chi connectivity index (χ0n) is 14.8. The monoisotopic (exact) mass is 394 g/mol. The molecule has 0 atom stereocenters. The van der Waals surface area contributed by atoms with Crippen molar-refractivity contribution in [2.45, 2.75) is 26.9 Å². The first-order chi connectivity index (χ1) is 12.5. The Labute approximate surface area is 159 Å². The maximum absolute atomic E-state index is 12.9. The number of rotatable bonds is 2. The second-order valence-corrected chi connectivity index (χ2v) is 6.61. The van der Waals surface area contributed by atoms with Gasteiger partial charge in [0.05, 0.1) is 5.56 Å². The van der Waals surface area contributed by atoms with Crippen LogP contribution in [0.1, 0.15) is 43.0 Å². The van der Waals surface area contributed by atoms with Crippen molar-refractivity contribution in [2.24, 2.45) is 0 Å². The smallest absolute Gasteiger partial charge is 0.299 e. The highest BCUT2D eigenvalue weighted by molar-refractivity contribution is 7.80. The van der Waals surface area contributed by atoms with Gasteiger partial charge in [0.25, 0.3) is 11.8 Å². The Bertz CT molecular complexity index is 903. The number of hydrogen-bond donors (Lipinski definition) is 2. The second-order valence-electron chi connectivity index (χ2n) is 6.20. The number of amides is 2. The van der Waals surface area contributed by atoms with Crippen molar-refractivity contribution in [3.63, 3.8) is 0 Å². The van der Waals surface area contributed by atoms with Gasteiger partial charge in [-0.05, 0) is 68.9 Å². The number of aryl methyl sites for hydroxylation is 3. The molecule has 2 aromatic rings. The topological polar surface area (TPSA) is 58.2 Å². The average molecular weight is 394 g/mol. The lowest BCUT2D eigenvalue weighted by molar-refractivity contribution is -0.137. The molecule has 0 aliphatic heterocycles. The minimum absolute atomic E-state index is 0.203. The van der Waals surface area contributed by atoms with Gasteiger partial charge < -0.3 is 0 Å². The Morgan fingerprint density at radius 2 is 1.19 bits per heavy atom. The van der Waals surface area contributed by atoms with E-state index < -0.39 is 23.6 Å². The van der Waals surface area contributed by atoms with Crippen LogP contribution >= 0.6 is 12.2 Å². The van der Waals surface area contributed by atoms with Gasteiger partial charge in [-0.2, -0.15) is 13.2 Å². The van der Waals surface area contributed by atoms with Crippen LogP contribution in [0, 0.1) is 20.8 Å². The number of hydrogen-bond acceptors (Lipinski definition) is 3. The van der Waals surface area contributed by atoms with Crippen molar-refractivity contribution in [3.05, 3.63) is 69.8 Å². The van der Waals surface area contributed by atoms with E-state index >= 15 is 0 Å². The fourth-order valence-electron chi connectivity index (χ4n) is 2.57. The first-order valence-electron chi connectivity index (χ1n) is 7.89. The van der Waals surface area contributed by atoms with E-state index in [0.29, 0.717) is 5.56 Å². The summed E-state index contributed by atoms with van der Waals surface area (Å²) in [7, 11) is 0. The van der Waals surface area contributed by atoms with Gasteiger partial charge in [0, 0.05) is 11.1 Å². The van der Waals surface area contributed by atoms with Gasteiger partial charge in [-0.15, -0.1) is 0 Å². The van der Waals surface area contributed by atoms with Crippen LogP contribution in [0.2, 0.25) is 0 Å². The van der Waals surface area contributed by atoms with Gasteiger partial charge in [-0.25, -0.2) is 0 Å². The van der Waals surface area contributed by atoms with E-state index in [2.05, 4.69) is 10.6 Å². The van der Waals surface area contributed by atoms with Crippen LogP contribution in [0.5, 0.6) is 0 Å². The number of alkyl halides is 3. The first kappa shape index (κ1) is 20.6. The van der Waals surface area contributed by atoms with E-state index in [0.717, 1.165) is 23.3 Å². The Balaban J connectivity index is 2.10. The van der Waals surface area contributed by atoms with Crippen molar-refractivity contribution < 1.29 is 22.8 Å². The third kappa shape index (κ3) is 5.62. The molecule has 2 aromatic carbocycles. The Kier molecular flexibility index (Phi) is 6.00. The predicted molar refractivity (Wildman–Crippen MR) is 99.6 cm³/mol. The highest BCUT2D eigenvalue weighted by atomic mass is 32.1. The standard InChI is InChI=1S/C19H17F3N2O2S/c1-10-4-11(2)6-13(5-10)16(25)23-18(27)24-17(26)14-7-12(3)8-15(9-14)19(20,21)22/h4-9H,1-3H3,(H2,23,24,25,26,27). The van der Waals surface area contributed by atoms with E-state index in [1.165, 1.54) is 13.0 Å². The van der Waals surface area contributed by atoms with E-state index in [1.54, 1.807) is 12.1 Å². The lowest BCUT2D eigenvalue weighted by Gasteiger charge is -2.12. The molecule has 0 bridgehead atoms.